The van der Waals surface area contributed by atoms with Gasteiger partial charge in [-0.05, 0) is 24.5 Å². The molecule has 94 valence electrons. The van der Waals surface area contributed by atoms with E-state index < -0.39 is 0 Å². The summed E-state index contributed by atoms with van der Waals surface area (Å²) in [6.07, 6.45) is 1.80. The van der Waals surface area contributed by atoms with Crippen molar-refractivity contribution in [3.8, 4) is 6.07 Å². The lowest BCUT2D eigenvalue weighted by atomic mass is 9.97. The van der Waals surface area contributed by atoms with Gasteiger partial charge in [-0.15, -0.1) is 0 Å². The van der Waals surface area contributed by atoms with Gasteiger partial charge in [-0.3, -0.25) is 4.79 Å². The number of benzene rings is 1. The second-order valence-electron chi connectivity index (χ2n) is 3.75. The molecule has 0 aliphatic heterocycles. The van der Waals surface area contributed by atoms with Crippen molar-refractivity contribution >= 4 is 12.3 Å². The molecule has 0 aromatic heterocycles. The molecular formula is C14H15NO3. The van der Waals surface area contributed by atoms with Crippen LogP contribution in [0.2, 0.25) is 0 Å². The summed E-state index contributed by atoms with van der Waals surface area (Å²) >= 11 is 0. The maximum Gasteiger partial charge on any atom is 0.310 e. The molecule has 0 spiro atoms. The van der Waals surface area contributed by atoms with E-state index in [1.165, 1.54) is 0 Å². The molecule has 1 aromatic carbocycles. The fraction of sp³-hybridized carbons (Fsp3) is 0.357. The van der Waals surface area contributed by atoms with Gasteiger partial charge in [-0.25, -0.2) is 0 Å². The highest BCUT2D eigenvalue weighted by Crippen LogP contribution is 2.16. The summed E-state index contributed by atoms with van der Waals surface area (Å²) in [5.74, 6) is -0.346. The van der Waals surface area contributed by atoms with Crippen LogP contribution in [0.3, 0.4) is 0 Å². The number of carbonyl (C=O) groups excluding carboxylic acids is 2. The van der Waals surface area contributed by atoms with E-state index >= 15 is 0 Å². The van der Waals surface area contributed by atoms with Gasteiger partial charge in [0.1, 0.15) is 6.29 Å². The van der Waals surface area contributed by atoms with Crippen molar-refractivity contribution in [2.45, 2.75) is 26.2 Å². The summed E-state index contributed by atoms with van der Waals surface area (Å²) in [4.78, 5) is 21.8. The normalized spacial score (nSPS) is 9.56. The van der Waals surface area contributed by atoms with Crippen LogP contribution in [-0.2, 0) is 27.2 Å². The van der Waals surface area contributed by atoms with E-state index in [9.17, 15) is 9.59 Å². The third-order valence-electron chi connectivity index (χ3n) is 2.52. The number of ether oxygens (including phenoxy) is 1. The molecule has 18 heavy (non-hydrogen) atoms. The summed E-state index contributed by atoms with van der Waals surface area (Å²) in [6, 6.07) is 7.42. The van der Waals surface area contributed by atoms with Crippen LogP contribution in [0.5, 0.6) is 0 Å². The number of carbonyl (C=O) groups is 2. The number of aldehydes is 1. The van der Waals surface area contributed by atoms with E-state index in [1.54, 1.807) is 25.1 Å². The fourth-order valence-electron chi connectivity index (χ4n) is 1.73. The van der Waals surface area contributed by atoms with Crippen LogP contribution in [0.4, 0.5) is 0 Å². The summed E-state index contributed by atoms with van der Waals surface area (Å²) < 4.78 is 4.86. The summed E-state index contributed by atoms with van der Waals surface area (Å²) in [5, 5.41) is 9.15. The largest absolute Gasteiger partial charge is 0.466 e. The molecule has 0 atom stereocenters. The second-order valence-corrected chi connectivity index (χ2v) is 3.75. The van der Waals surface area contributed by atoms with Gasteiger partial charge in [0.2, 0.25) is 0 Å². The van der Waals surface area contributed by atoms with Crippen molar-refractivity contribution in [1.82, 2.24) is 0 Å². The zero-order valence-corrected chi connectivity index (χ0v) is 10.3. The van der Waals surface area contributed by atoms with Crippen LogP contribution in [-0.4, -0.2) is 18.9 Å². The molecule has 0 saturated carbocycles. The molecule has 0 saturated heterocycles. The number of rotatable bonds is 6. The molecule has 0 aliphatic carbocycles. The van der Waals surface area contributed by atoms with Gasteiger partial charge >= 0.3 is 5.97 Å². The van der Waals surface area contributed by atoms with Gasteiger partial charge in [0.25, 0.3) is 0 Å². The number of nitriles is 1. The van der Waals surface area contributed by atoms with Crippen molar-refractivity contribution in [1.29, 1.82) is 5.26 Å². The maximum absolute atomic E-state index is 11.4. The number of hydrogen-bond acceptors (Lipinski definition) is 4. The first kappa shape index (κ1) is 13.9. The van der Waals surface area contributed by atoms with E-state index in [1.807, 2.05) is 0 Å². The quantitative estimate of drug-likeness (QED) is 0.566. The number of hydrogen-bond donors (Lipinski definition) is 0. The molecule has 0 heterocycles. The fourth-order valence-corrected chi connectivity index (χ4v) is 1.73. The lowest BCUT2D eigenvalue weighted by molar-refractivity contribution is -0.142. The highest BCUT2D eigenvalue weighted by molar-refractivity contribution is 5.73. The first-order valence-corrected chi connectivity index (χ1v) is 5.83. The highest BCUT2D eigenvalue weighted by Gasteiger charge is 2.11. The Morgan fingerprint density at radius 3 is 2.78 bits per heavy atom. The Morgan fingerprint density at radius 1 is 1.44 bits per heavy atom. The zero-order valence-electron chi connectivity index (χ0n) is 10.3. The molecule has 0 aliphatic rings. The van der Waals surface area contributed by atoms with Crippen LogP contribution in [0.25, 0.3) is 0 Å². The predicted octanol–water partition coefficient (Wildman–Crippen LogP) is 1.80. The number of aryl methyl sites for hydroxylation is 1. The van der Waals surface area contributed by atoms with E-state index in [2.05, 4.69) is 6.07 Å². The number of nitrogens with zero attached hydrogens (tertiary/aromatic N) is 1. The molecule has 0 amide bonds. The smallest absolute Gasteiger partial charge is 0.310 e. The summed E-state index contributed by atoms with van der Waals surface area (Å²) in [7, 11) is 0. The molecule has 0 N–H and O–H groups in total. The standard InChI is InChI=1S/C14H15NO3/c1-2-18-14(17)9-12-6-3-5-11(7-4-8-16)13(12)10-15/h3,5-6,8H,2,4,7,9H2,1H3. The minimum absolute atomic E-state index is 0.0890. The minimum atomic E-state index is -0.346. The van der Waals surface area contributed by atoms with Crippen molar-refractivity contribution in [2.24, 2.45) is 0 Å². The van der Waals surface area contributed by atoms with Crippen LogP contribution < -0.4 is 0 Å². The van der Waals surface area contributed by atoms with Gasteiger partial charge < -0.3 is 9.53 Å². The van der Waals surface area contributed by atoms with Crippen molar-refractivity contribution in [3.05, 3.63) is 34.9 Å². The maximum atomic E-state index is 11.4. The molecular weight excluding hydrogens is 230 g/mol. The average Bonchev–Trinajstić information content (AvgIpc) is 2.36. The van der Waals surface area contributed by atoms with E-state index in [-0.39, 0.29) is 12.4 Å². The summed E-state index contributed by atoms with van der Waals surface area (Å²) in [6.45, 7) is 2.06. The van der Waals surface area contributed by atoms with Crippen LogP contribution in [0.15, 0.2) is 18.2 Å². The van der Waals surface area contributed by atoms with Gasteiger partial charge in [0.05, 0.1) is 24.7 Å². The molecule has 0 unspecified atom stereocenters. The third-order valence-corrected chi connectivity index (χ3v) is 2.52. The first-order valence-electron chi connectivity index (χ1n) is 5.83. The van der Waals surface area contributed by atoms with E-state index in [4.69, 9.17) is 10.00 Å². The molecule has 0 fully saturated rings. The van der Waals surface area contributed by atoms with Crippen molar-refractivity contribution < 1.29 is 14.3 Å². The molecule has 4 heteroatoms. The Morgan fingerprint density at radius 2 is 2.17 bits per heavy atom. The van der Waals surface area contributed by atoms with Gasteiger partial charge in [0, 0.05) is 6.42 Å². The number of esters is 1. The lowest BCUT2D eigenvalue weighted by Crippen LogP contribution is -2.09. The zero-order chi connectivity index (χ0) is 13.4. The van der Waals surface area contributed by atoms with Crippen LogP contribution in [0.1, 0.15) is 30.0 Å². The Labute approximate surface area is 106 Å². The SMILES string of the molecule is CCOC(=O)Cc1cccc(CCC=O)c1C#N. The van der Waals surface area contributed by atoms with E-state index in [0.717, 1.165) is 11.8 Å². The van der Waals surface area contributed by atoms with Crippen LogP contribution in [0, 0.1) is 11.3 Å². The van der Waals surface area contributed by atoms with Crippen LogP contribution >= 0.6 is 0 Å². The lowest BCUT2D eigenvalue weighted by Gasteiger charge is -2.08. The molecule has 0 bridgehead atoms. The van der Waals surface area contributed by atoms with Crippen molar-refractivity contribution in [2.75, 3.05) is 6.61 Å². The third kappa shape index (κ3) is 3.70. The van der Waals surface area contributed by atoms with E-state index in [0.29, 0.717) is 30.6 Å². The molecule has 0 radical (unpaired) electrons. The molecule has 1 aromatic rings. The minimum Gasteiger partial charge on any atom is -0.466 e. The Kier molecular flexibility index (Phi) is 5.59. The Bertz CT molecular complexity index is 474. The molecule has 4 nitrogen and oxygen atoms in total. The summed E-state index contributed by atoms with van der Waals surface area (Å²) in [5.41, 5.74) is 1.93. The predicted molar refractivity (Wildman–Crippen MR) is 65.9 cm³/mol. The monoisotopic (exact) mass is 245 g/mol. The first-order chi connectivity index (χ1) is 8.72. The Hall–Kier alpha value is -2.15. The van der Waals surface area contributed by atoms with Gasteiger partial charge in [-0.2, -0.15) is 5.26 Å². The van der Waals surface area contributed by atoms with Gasteiger partial charge in [-0.1, -0.05) is 18.2 Å². The van der Waals surface area contributed by atoms with Crippen molar-refractivity contribution in [3.63, 3.8) is 0 Å². The topological polar surface area (TPSA) is 67.2 Å². The molecule has 1 rings (SSSR count). The Balaban J connectivity index is 2.94. The second kappa shape index (κ2) is 7.23. The van der Waals surface area contributed by atoms with Gasteiger partial charge in [0.15, 0.2) is 0 Å². The highest BCUT2D eigenvalue weighted by atomic mass is 16.5. The average molecular weight is 245 g/mol.